The second-order valence-electron chi connectivity index (χ2n) is 15.3. The summed E-state index contributed by atoms with van der Waals surface area (Å²) in [4.78, 5) is 12.9. The molecular weight excluding hydrogens is 440 g/mol. The van der Waals surface area contributed by atoms with Crippen molar-refractivity contribution in [2.75, 3.05) is 0 Å². The summed E-state index contributed by atoms with van der Waals surface area (Å²) in [6.07, 6.45) is 6.09. The van der Waals surface area contributed by atoms with Crippen molar-refractivity contribution in [2.45, 2.75) is 130 Å². The fourth-order valence-corrected chi connectivity index (χ4v) is 11.3. The topological polar surface area (TPSA) is 98.0 Å². The van der Waals surface area contributed by atoms with Crippen LogP contribution in [-0.4, -0.2) is 50.1 Å². The number of Topliss-reactive ketones (excluding diaryl/α,β-unsaturated/α-hetero) is 1. The van der Waals surface area contributed by atoms with Crippen LogP contribution in [0.1, 0.15) is 106 Å². The summed E-state index contributed by atoms with van der Waals surface area (Å²) in [5.41, 5.74) is -1.16. The highest BCUT2D eigenvalue weighted by molar-refractivity contribution is 5.86. The predicted octanol–water partition coefficient (Wildman–Crippen LogP) is 4.48. The number of hydrogen-bond acceptors (Lipinski definition) is 5. The lowest BCUT2D eigenvalue weighted by Gasteiger charge is -2.64. The van der Waals surface area contributed by atoms with Crippen molar-refractivity contribution in [3.8, 4) is 0 Å². The van der Waals surface area contributed by atoms with Gasteiger partial charge >= 0.3 is 0 Å². The van der Waals surface area contributed by atoms with Crippen molar-refractivity contribution in [1.29, 1.82) is 0 Å². The van der Waals surface area contributed by atoms with Crippen LogP contribution in [0.2, 0.25) is 0 Å². The Labute approximate surface area is 212 Å². The summed E-state index contributed by atoms with van der Waals surface area (Å²) < 4.78 is 0. The Bertz CT molecular complexity index is 892. The van der Waals surface area contributed by atoms with Crippen LogP contribution in [0, 0.1) is 50.7 Å². The second-order valence-corrected chi connectivity index (χ2v) is 15.3. The van der Waals surface area contributed by atoms with Gasteiger partial charge in [-0.2, -0.15) is 0 Å². The molecule has 0 aliphatic heterocycles. The van der Waals surface area contributed by atoms with E-state index in [1.165, 1.54) is 6.42 Å². The summed E-state index contributed by atoms with van der Waals surface area (Å²) in [6, 6.07) is 0. The molecule has 0 aromatic carbocycles. The molecular formula is C30H50O5. The number of carbonyl (C=O) groups is 1. The first-order chi connectivity index (χ1) is 16.0. The second kappa shape index (κ2) is 7.55. The van der Waals surface area contributed by atoms with E-state index in [1.54, 1.807) is 13.8 Å². The molecule has 0 radical (unpaired) electrons. The molecule has 5 heteroatoms. The van der Waals surface area contributed by atoms with Crippen molar-refractivity contribution in [1.82, 2.24) is 0 Å². The standard InChI is InChI=1S/C30H50O5/c1-17(14-20(32)24(34)26(4,5)35)18-8-10-28(7)23-19(31)15-21-25(2,3)22(33)9-11-29(21)16-30(23,29)13-12-27(18,28)6/h17-21,23-24,31-32,34-35H,8-16H2,1-7H3. The van der Waals surface area contributed by atoms with Gasteiger partial charge in [-0.15, -0.1) is 0 Å². The molecule has 2 spiro atoms. The largest absolute Gasteiger partial charge is 0.393 e. The van der Waals surface area contributed by atoms with E-state index in [4.69, 9.17) is 0 Å². The molecule has 5 aliphatic carbocycles. The van der Waals surface area contributed by atoms with Gasteiger partial charge in [-0.05, 0) is 111 Å². The molecule has 5 saturated carbocycles. The van der Waals surface area contributed by atoms with Crippen LogP contribution in [-0.2, 0) is 4.79 Å². The average Bonchev–Trinajstić information content (AvgIpc) is 3.31. The third-order valence-corrected chi connectivity index (χ3v) is 13.3. The minimum absolute atomic E-state index is 0.0312. The van der Waals surface area contributed by atoms with E-state index in [0.717, 1.165) is 38.5 Å². The zero-order valence-corrected chi connectivity index (χ0v) is 23.1. The maximum atomic E-state index is 12.9. The van der Waals surface area contributed by atoms with Gasteiger partial charge in [0.1, 0.15) is 11.9 Å². The molecule has 5 aliphatic rings. The zero-order chi connectivity index (χ0) is 26.0. The van der Waals surface area contributed by atoms with E-state index in [0.29, 0.717) is 30.5 Å². The van der Waals surface area contributed by atoms with Crippen LogP contribution in [0.5, 0.6) is 0 Å². The van der Waals surface area contributed by atoms with Crippen LogP contribution >= 0.6 is 0 Å². The predicted molar refractivity (Wildman–Crippen MR) is 135 cm³/mol. The molecule has 0 aromatic heterocycles. The van der Waals surface area contributed by atoms with E-state index < -0.39 is 17.8 Å². The first kappa shape index (κ1) is 26.1. The summed E-state index contributed by atoms with van der Waals surface area (Å²) in [6.45, 7) is 14.4. The monoisotopic (exact) mass is 490 g/mol. The summed E-state index contributed by atoms with van der Waals surface area (Å²) in [5, 5.41) is 43.2. The fourth-order valence-electron chi connectivity index (χ4n) is 11.3. The number of aliphatic hydroxyl groups excluding tert-OH is 3. The van der Waals surface area contributed by atoms with E-state index in [-0.39, 0.29) is 45.0 Å². The minimum atomic E-state index is -1.33. The van der Waals surface area contributed by atoms with Gasteiger partial charge in [-0.25, -0.2) is 0 Å². The zero-order valence-electron chi connectivity index (χ0n) is 23.1. The number of fused-ring (bicyclic) bond motifs is 2. The number of ketones is 1. The summed E-state index contributed by atoms with van der Waals surface area (Å²) in [7, 11) is 0. The lowest BCUT2D eigenvalue weighted by atomic mass is 9.41. The maximum absolute atomic E-state index is 12.9. The number of hydrogen-bond donors (Lipinski definition) is 4. The molecule has 4 N–H and O–H groups in total. The van der Waals surface area contributed by atoms with Crippen LogP contribution < -0.4 is 0 Å². The SMILES string of the molecule is CC(CC(O)C(O)C(C)(C)O)C1CCC2(C)C3C(O)CC4C(C)(C)C(=O)CCC45CC35CCC12C. The van der Waals surface area contributed by atoms with Crippen LogP contribution in [0.4, 0.5) is 0 Å². The summed E-state index contributed by atoms with van der Waals surface area (Å²) >= 11 is 0. The Kier molecular flexibility index (Phi) is 5.63. The van der Waals surface area contributed by atoms with E-state index in [1.807, 2.05) is 0 Å². The smallest absolute Gasteiger partial charge is 0.138 e. The van der Waals surface area contributed by atoms with E-state index >= 15 is 0 Å². The number of rotatable bonds is 5. The fraction of sp³-hybridized carbons (Fsp3) is 0.967. The first-order valence-electron chi connectivity index (χ1n) is 14.3. The molecule has 0 heterocycles. The highest BCUT2D eigenvalue weighted by Crippen LogP contribution is 2.88. The van der Waals surface area contributed by atoms with Crippen LogP contribution in [0.25, 0.3) is 0 Å². The third-order valence-electron chi connectivity index (χ3n) is 13.3. The average molecular weight is 491 g/mol. The van der Waals surface area contributed by atoms with Gasteiger partial charge in [0.15, 0.2) is 0 Å². The van der Waals surface area contributed by atoms with Crippen molar-refractivity contribution < 1.29 is 25.2 Å². The lowest BCUT2D eigenvalue weighted by molar-refractivity contribution is -0.190. The molecule has 5 nitrogen and oxygen atoms in total. The number of carbonyl (C=O) groups excluding carboxylic acids is 1. The first-order valence-corrected chi connectivity index (χ1v) is 14.3. The molecule has 35 heavy (non-hydrogen) atoms. The van der Waals surface area contributed by atoms with Gasteiger partial charge in [0.05, 0.1) is 17.8 Å². The number of aliphatic hydroxyl groups is 4. The Morgan fingerprint density at radius 2 is 1.66 bits per heavy atom. The van der Waals surface area contributed by atoms with Crippen molar-refractivity contribution in [3.63, 3.8) is 0 Å². The van der Waals surface area contributed by atoms with Gasteiger partial charge in [0, 0.05) is 11.8 Å². The highest BCUT2D eigenvalue weighted by Gasteiger charge is 2.83. The van der Waals surface area contributed by atoms with Crippen LogP contribution in [0.15, 0.2) is 0 Å². The Morgan fingerprint density at radius 3 is 2.29 bits per heavy atom. The Balaban J connectivity index is 1.42. The van der Waals surface area contributed by atoms with Gasteiger partial charge in [-0.3, -0.25) is 4.79 Å². The van der Waals surface area contributed by atoms with Gasteiger partial charge in [0.2, 0.25) is 0 Å². The third kappa shape index (κ3) is 3.17. The minimum Gasteiger partial charge on any atom is -0.393 e. The normalized spacial score (nSPS) is 50.9. The van der Waals surface area contributed by atoms with Crippen molar-refractivity contribution in [2.24, 2.45) is 50.7 Å². The molecule has 200 valence electrons. The van der Waals surface area contributed by atoms with Gasteiger partial charge < -0.3 is 20.4 Å². The Hall–Kier alpha value is -0.490. The van der Waals surface area contributed by atoms with Crippen molar-refractivity contribution >= 4 is 5.78 Å². The highest BCUT2D eigenvalue weighted by atomic mass is 16.4. The molecule has 0 aromatic rings. The maximum Gasteiger partial charge on any atom is 0.138 e. The molecule has 0 saturated heterocycles. The quantitative estimate of drug-likeness (QED) is 0.455. The van der Waals surface area contributed by atoms with Crippen LogP contribution in [0.3, 0.4) is 0 Å². The van der Waals surface area contributed by atoms with E-state index in [9.17, 15) is 25.2 Å². The lowest BCUT2D eigenvalue weighted by Crippen LogP contribution is -2.61. The van der Waals surface area contributed by atoms with E-state index in [2.05, 4.69) is 34.6 Å². The molecule has 5 rings (SSSR count). The molecule has 11 unspecified atom stereocenters. The Morgan fingerprint density at radius 1 is 1.00 bits per heavy atom. The molecule has 0 amide bonds. The molecule has 0 bridgehead atoms. The molecule has 11 atom stereocenters. The summed E-state index contributed by atoms with van der Waals surface area (Å²) in [5.74, 6) is 1.59. The molecule has 5 fully saturated rings. The van der Waals surface area contributed by atoms with Gasteiger partial charge in [-0.1, -0.05) is 34.6 Å². The van der Waals surface area contributed by atoms with Gasteiger partial charge in [0.25, 0.3) is 0 Å². The van der Waals surface area contributed by atoms with Crippen molar-refractivity contribution in [3.05, 3.63) is 0 Å².